The molecule has 3 rings (SSSR count). The number of aromatic nitrogens is 4. The van der Waals surface area contributed by atoms with E-state index in [2.05, 4.69) is 15.0 Å². The number of hydrogen-bond acceptors (Lipinski definition) is 8. The van der Waals surface area contributed by atoms with Gasteiger partial charge in [0.05, 0.1) is 12.4 Å². The van der Waals surface area contributed by atoms with Crippen molar-refractivity contribution >= 4 is 17.1 Å². The number of nitrogen functional groups attached to an aromatic ring is 1. The average Bonchev–Trinajstić information content (AvgIpc) is 3.01. The molecule has 5 atom stereocenters. The Bertz CT molecular complexity index is 743. The number of aromatic amines is 1. The molecular formula is C12H17N5O5. The minimum absolute atomic E-state index is 0.0720. The Morgan fingerprint density at radius 3 is 2.91 bits per heavy atom. The van der Waals surface area contributed by atoms with Crippen molar-refractivity contribution in [1.29, 1.82) is 0 Å². The van der Waals surface area contributed by atoms with Crippen LogP contribution in [0.2, 0.25) is 0 Å². The summed E-state index contributed by atoms with van der Waals surface area (Å²) in [6, 6.07) is 0. The summed E-state index contributed by atoms with van der Waals surface area (Å²) in [7, 11) is 1.48. The van der Waals surface area contributed by atoms with Crippen LogP contribution < -0.4 is 11.3 Å². The second-order valence-electron chi connectivity index (χ2n) is 5.19. The number of imidazole rings is 1. The largest absolute Gasteiger partial charge is 0.387 e. The molecule has 0 aliphatic carbocycles. The normalized spacial score (nSPS) is 30.0. The number of ether oxygens (including phenoxy) is 2. The molecule has 10 nitrogen and oxygen atoms in total. The van der Waals surface area contributed by atoms with E-state index in [1.807, 2.05) is 0 Å². The standard InChI is InChI=1S/C12H17N5O5/c1-4(21-2)8-6(18)7(19)11(22-8)17-3-14-5-9(17)15-12(13)16-10(5)20/h3-4,6-8,11,18-19H,1-2H3,(H3,13,15,16,20)/t4?,6-,7+,8+,11+/m0/s1. The summed E-state index contributed by atoms with van der Waals surface area (Å²) < 4.78 is 12.2. The smallest absolute Gasteiger partial charge is 0.280 e. The molecule has 120 valence electrons. The van der Waals surface area contributed by atoms with E-state index in [0.717, 1.165) is 0 Å². The van der Waals surface area contributed by atoms with E-state index in [4.69, 9.17) is 15.2 Å². The molecule has 0 amide bonds. The van der Waals surface area contributed by atoms with Crippen molar-refractivity contribution in [3.63, 3.8) is 0 Å². The maximum atomic E-state index is 11.8. The summed E-state index contributed by atoms with van der Waals surface area (Å²) in [5.41, 5.74) is 5.28. The number of nitrogens with two attached hydrogens (primary N) is 1. The van der Waals surface area contributed by atoms with E-state index in [-0.39, 0.29) is 17.1 Å². The Hall–Kier alpha value is -2.01. The minimum Gasteiger partial charge on any atom is -0.387 e. The number of aliphatic hydroxyl groups excluding tert-OH is 2. The molecule has 0 saturated carbocycles. The van der Waals surface area contributed by atoms with Gasteiger partial charge in [-0.2, -0.15) is 4.98 Å². The predicted octanol–water partition coefficient (Wildman–Crippen LogP) is -1.64. The van der Waals surface area contributed by atoms with Crippen molar-refractivity contribution < 1.29 is 19.7 Å². The molecule has 1 saturated heterocycles. The van der Waals surface area contributed by atoms with Crippen molar-refractivity contribution in [2.75, 3.05) is 12.8 Å². The first kappa shape index (κ1) is 14.9. The van der Waals surface area contributed by atoms with Gasteiger partial charge < -0.3 is 25.4 Å². The number of aliphatic hydroxyl groups is 2. The highest BCUT2D eigenvalue weighted by Crippen LogP contribution is 2.33. The van der Waals surface area contributed by atoms with Crippen LogP contribution in [0.5, 0.6) is 0 Å². The Morgan fingerprint density at radius 2 is 2.23 bits per heavy atom. The summed E-state index contributed by atoms with van der Waals surface area (Å²) in [5.74, 6) is -0.0749. The minimum atomic E-state index is -1.22. The van der Waals surface area contributed by atoms with Gasteiger partial charge in [-0.15, -0.1) is 0 Å². The van der Waals surface area contributed by atoms with Crippen LogP contribution in [0.15, 0.2) is 11.1 Å². The zero-order valence-corrected chi connectivity index (χ0v) is 12.0. The van der Waals surface area contributed by atoms with Crippen LogP contribution in [0, 0.1) is 0 Å². The Kier molecular flexibility index (Phi) is 3.60. The van der Waals surface area contributed by atoms with Crippen molar-refractivity contribution in [1.82, 2.24) is 19.5 Å². The maximum absolute atomic E-state index is 11.8. The fraction of sp³-hybridized carbons (Fsp3) is 0.583. The molecule has 22 heavy (non-hydrogen) atoms. The van der Waals surface area contributed by atoms with Crippen molar-refractivity contribution in [2.45, 2.75) is 37.6 Å². The van der Waals surface area contributed by atoms with Crippen LogP contribution in [0.1, 0.15) is 13.2 Å². The lowest BCUT2D eigenvalue weighted by Crippen LogP contribution is -2.38. The fourth-order valence-corrected chi connectivity index (χ4v) is 2.57. The van der Waals surface area contributed by atoms with E-state index in [1.165, 1.54) is 18.0 Å². The molecule has 0 spiro atoms. The van der Waals surface area contributed by atoms with Crippen molar-refractivity contribution in [2.24, 2.45) is 0 Å². The summed E-state index contributed by atoms with van der Waals surface area (Å²) in [6.45, 7) is 1.72. The zero-order chi connectivity index (χ0) is 16.0. The Labute approximate surface area is 124 Å². The third-order valence-corrected chi connectivity index (χ3v) is 3.83. The third-order valence-electron chi connectivity index (χ3n) is 3.83. The van der Waals surface area contributed by atoms with Gasteiger partial charge in [-0.05, 0) is 6.92 Å². The van der Waals surface area contributed by atoms with Crippen LogP contribution in [0.25, 0.3) is 11.2 Å². The van der Waals surface area contributed by atoms with E-state index in [1.54, 1.807) is 6.92 Å². The molecule has 1 aliphatic heterocycles. The summed E-state index contributed by atoms with van der Waals surface area (Å²) in [5, 5.41) is 20.3. The van der Waals surface area contributed by atoms with Gasteiger partial charge in [-0.25, -0.2) is 4.98 Å². The highest BCUT2D eigenvalue weighted by molar-refractivity contribution is 5.70. The number of anilines is 1. The average molecular weight is 311 g/mol. The SMILES string of the molecule is COC(C)[C@H]1O[C@@H](n2cnc3c(=O)[nH]c(N)nc32)[C@H](O)[C@@H]1O. The summed E-state index contributed by atoms with van der Waals surface area (Å²) in [6.07, 6.45) is -3.14. The highest BCUT2D eigenvalue weighted by Gasteiger charge is 2.46. The third kappa shape index (κ3) is 2.16. The van der Waals surface area contributed by atoms with E-state index in [0.29, 0.717) is 0 Å². The molecule has 2 aromatic heterocycles. The fourth-order valence-electron chi connectivity index (χ4n) is 2.57. The Balaban J connectivity index is 2.03. The number of H-pyrrole nitrogens is 1. The van der Waals surface area contributed by atoms with Gasteiger partial charge in [-0.3, -0.25) is 14.3 Å². The van der Waals surface area contributed by atoms with Gasteiger partial charge in [0, 0.05) is 7.11 Å². The van der Waals surface area contributed by atoms with Gasteiger partial charge in [-0.1, -0.05) is 0 Å². The first-order valence-electron chi connectivity index (χ1n) is 6.70. The molecule has 5 N–H and O–H groups in total. The molecule has 0 bridgehead atoms. The second kappa shape index (κ2) is 5.32. The van der Waals surface area contributed by atoms with Crippen LogP contribution in [0.3, 0.4) is 0 Å². The molecule has 0 aromatic carbocycles. The number of rotatable bonds is 3. The summed E-state index contributed by atoms with van der Waals surface area (Å²) in [4.78, 5) is 22.1. The molecule has 0 radical (unpaired) electrons. The number of fused-ring (bicyclic) bond motifs is 1. The van der Waals surface area contributed by atoms with Gasteiger partial charge in [0.15, 0.2) is 17.4 Å². The van der Waals surface area contributed by atoms with Crippen LogP contribution in [-0.4, -0.2) is 61.3 Å². The van der Waals surface area contributed by atoms with Crippen LogP contribution >= 0.6 is 0 Å². The highest BCUT2D eigenvalue weighted by atomic mass is 16.6. The molecule has 2 aromatic rings. The lowest BCUT2D eigenvalue weighted by molar-refractivity contribution is -0.0893. The lowest BCUT2D eigenvalue weighted by atomic mass is 10.1. The topological polar surface area (TPSA) is 149 Å². The quantitative estimate of drug-likeness (QED) is 0.527. The van der Waals surface area contributed by atoms with E-state index < -0.39 is 36.2 Å². The monoisotopic (exact) mass is 311 g/mol. The molecule has 10 heteroatoms. The van der Waals surface area contributed by atoms with Gasteiger partial charge in [0.25, 0.3) is 5.56 Å². The van der Waals surface area contributed by atoms with Crippen molar-refractivity contribution in [3.05, 3.63) is 16.7 Å². The first-order chi connectivity index (χ1) is 10.4. The second-order valence-corrected chi connectivity index (χ2v) is 5.19. The zero-order valence-electron chi connectivity index (χ0n) is 12.0. The van der Waals surface area contributed by atoms with Crippen molar-refractivity contribution in [3.8, 4) is 0 Å². The molecular weight excluding hydrogens is 294 g/mol. The molecule has 1 aliphatic rings. The predicted molar refractivity (Wildman–Crippen MR) is 75.0 cm³/mol. The lowest BCUT2D eigenvalue weighted by Gasteiger charge is -2.20. The maximum Gasteiger partial charge on any atom is 0.280 e. The van der Waals surface area contributed by atoms with E-state index in [9.17, 15) is 15.0 Å². The van der Waals surface area contributed by atoms with Gasteiger partial charge in [0.1, 0.15) is 18.3 Å². The first-order valence-corrected chi connectivity index (χ1v) is 6.70. The molecule has 1 fully saturated rings. The van der Waals surface area contributed by atoms with E-state index >= 15 is 0 Å². The number of hydrogen-bond donors (Lipinski definition) is 4. The molecule has 1 unspecified atom stereocenters. The summed E-state index contributed by atoms with van der Waals surface area (Å²) >= 11 is 0. The van der Waals surface area contributed by atoms with Gasteiger partial charge >= 0.3 is 0 Å². The number of nitrogens with zero attached hydrogens (tertiary/aromatic N) is 3. The van der Waals surface area contributed by atoms with Crippen LogP contribution in [-0.2, 0) is 9.47 Å². The van der Waals surface area contributed by atoms with Crippen LogP contribution in [0.4, 0.5) is 5.95 Å². The Morgan fingerprint density at radius 1 is 1.50 bits per heavy atom. The number of methoxy groups -OCH3 is 1. The molecule has 3 heterocycles. The number of nitrogens with one attached hydrogen (secondary N) is 1. The van der Waals surface area contributed by atoms with Gasteiger partial charge in [0.2, 0.25) is 5.95 Å².